The molecule has 1 aromatic heterocycles. The minimum Gasteiger partial charge on any atom is -0.329 e. The number of anilines is 1. The first-order chi connectivity index (χ1) is 9.59. The molecule has 2 rings (SSSR count). The fourth-order valence-electron chi connectivity index (χ4n) is 2.01. The lowest BCUT2D eigenvalue weighted by atomic mass is 10.2. The van der Waals surface area contributed by atoms with Crippen molar-refractivity contribution < 1.29 is 4.79 Å². The second kappa shape index (κ2) is 6.61. The maximum absolute atomic E-state index is 12.5. The molecule has 20 heavy (non-hydrogen) atoms. The van der Waals surface area contributed by atoms with Crippen LogP contribution in [0.4, 0.5) is 5.69 Å². The summed E-state index contributed by atoms with van der Waals surface area (Å²) < 4.78 is 1.92. The van der Waals surface area contributed by atoms with Crippen LogP contribution in [0.1, 0.15) is 13.8 Å². The van der Waals surface area contributed by atoms with E-state index in [9.17, 15) is 4.79 Å². The number of carbonyl (C=O) groups excluding carboxylic acids is 1. The van der Waals surface area contributed by atoms with Crippen molar-refractivity contribution in [3.8, 4) is 0 Å². The summed E-state index contributed by atoms with van der Waals surface area (Å²) >= 11 is 1.46. The number of benzene rings is 1. The van der Waals surface area contributed by atoms with Crippen molar-refractivity contribution in [2.24, 2.45) is 7.05 Å². The fraction of sp³-hybridized carbons (Fsp3) is 0.333. The first-order valence-corrected chi connectivity index (χ1v) is 7.55. The molecular formula is C15H19N3OS. The molecule has 106 valence electrons. The van der Waals surface area contributed by atoms with Gasteiger partial charge in [-0.1, -0.05) is 30.0 Å². The van der Waals surface area contributed by atoms with Gasteiger partial charge in [-0.3, -0.25) is 4.79 Å². The Kier molecular flexibility index (Phi) is 4.84. The van der Waals surface area contributed by atoms with Gasteiger partial charge in [0.2, 0.25) is 5.91 Å². The Morgan fingerprint density at radius 1 is 1.35 bits per heavy atom. The van der Waals surface area contributed by atoms with Gasteiger partial charge in [-0.15, -0.1) is 0 Å². The van der Waals surface area contributed by atoms with Crippen LogP contribution >= 0.6 is 11.8 Å². The summed E-state index contributed by atoms with van der Waals surface area (Å²) in [7, 11) is 1.93. The number of carbonyl (C=O) groups is 1. The third-order valence-corrected chi connectivity index (χ3v) is 3.96. The zero-order valence-corrected chi connectivity index (χ0v) is 12.8. The Balaban J connectivity index is 2.07. The summed E-state index contributed by atoms with van der Waals surface area (Å²) in [4.78, 5) is 18.5. The van der Waals surface area contributed by atoms with Crippen LogP contribution < -0.4 is 4.90 Å². The summed E-state index contributed by atoms with van der Waals surface area (Å²) in [5.41, 5.74) is 0.938. The monoisotopic (exact) mass is 289 g/mol. The van der Waals surface area contributed by atoms with Crippen molar-refractivity contribution in [3.05, 3.63) is 42.7 Å². The molecule has 4 nitrogen and oxygen atoms in total. The molecule has 0 saturated carbocycles. The van der Waals surface area contributed by atoms with Crippen molar-refractivity contribution in [1.82, 2.24) is 9.55 Å². The number of aromatic nitrogens is 2. The van der Waals surface area contributed by atoms with E-state index in [0.29, 0.717) is 5.75 Å². The van der Waals surface area contributed by atoms with Gasteiger partial charge >= 0.3 is 0 Å². The van der Waals surface area contributed by atoms with Gasteiger partial charge in [0.25, 0.3) is 0 Å². The molecule has 0 spiro atoms. The summed E-state index contributed by atoms with van der Waals surface area (Å²) in [6.45, 7) is 4.05. The van der Waals surface area contributed by atoms with Crippen molar-refractivity contribution >= 4 is 23.4 Å². The number of aryl methyl sites for hydroxylation is 1. The lowest BCUT2D eigenvalue weighted by molar-refractivity contribution is -0.116. The number of thioether (sulfide) groups is 1. The van der Waals surface area contributed by atoms with Gasteiger partial charge in [-0.25, -0.2) is 4.98 Å². The third-order valence-electron chi connectivity index (χ3n) is 2.92. The van der Waals surface area contributed by atoms with Gasteiger partial charge in [-0.05, 0) is 26.0 Å². The van der Waals surface area contributed by atoms with Crippen LogP contribution in [-0.2, 0) is 11.8 Å². The molecule has 0 saturated heterocycles. The number of hydrogen-bond acceptors (Lipinski definition) is 3. The second-order valence-corrected chi connectivity index (χ2v) is 5.74. The summed E-state index contributed by atoms with van der Waals surface area (Å²) in [6.07, 6.45) is 3.62. The van der Waals surface area contributed by atoms with Crippen LogP contribution in [0.5, 0.6) is 0 Å². The van der Waals surface area contributed by atoms with Gasteiger partial charge in [0.05, 0.1) is 5.75 Å². The maximum atomic E-state index is 12.5. The maximum Gasteiger partial charge on any atom is 0.237 e. The first kappa shape index (κ1) is 14.7. The fourth-order valence-corrected chi connectivity index (χ4v) is 2.80. The zero-order chi connectivity index (χ0) is 14.5. The Labute approximate surface area is 123 Å². The molecule has 0 aliphatic heterocycles. The Hall–Kier alpha value is -1.75. The molecule has 1 amide bonds. The molecule has 0 bridgehead atoms. The van der Waals surface area contributed by atoms with E-state index in [1.165, 1.54) is 11.8 Å². The molecule has 0 N–H and O–H groups in total. The van der Waals surface area contributed by atoms with Crippen LogP contribution in [0.3, 0.4) is 0 Å². The lowest BCUT2D eigenvalue weighted by Gasteiger charge is -2.26. The molecule has 0 aliphatic rings. The van der Waals surface area contributed by atoms with Crippen LogP contribution in [0.15, 0.2) is 47.9 Å². The summed E-state index contributed by atoms with van der Waals surface area (Å²) in [5.74, 6) is 0.483. The first-order valence-electron chi connectivity index (χ1n) is 6.57. The van der Waals surface area contributed by atoms with Crippen molar-refractivity contribution in [2.75, 3.05) is 10.7 Å². The topological polar surface area (TPSA) is 38.1 Å². The standard InChI is InChI=1S/C15H19N3OS/c1-12(2)18(13-7-5-4-6-8-13)14(19)11-20-15-16-9-10-17(15)3/h4-10,12H,11H2,1-3H3. The molecule has 0 atom stereocenters. The molecule has 0 aliphatic carbocycles. The molecule has 1 heterocycles. The van der Waals surface area contributed by atoms with Crippen molar-refractivity contribution in [1.29, 1.82) is 0 Å². The Bertz CT molecular complexity index is 566. The minimum atomic E-state index is 0.0965. The molecule has 5 heteroatoms. The Morgan fingerprint density at radius 2 is 2.05 bits per heavy atom. The van der Waals surface area contributed by atoms with Gasteiger partial charge < -0.3 is 9.47 Å². The third kappa shape index (κ3) is 3.42. The second-order valence-electron chi connectivity index (χ2n) is 4.80. The molecular weight excluding hydrogens is 270 g/mol. The molecule has 1 aromatic carbocycles. The van der Waals surface area contributed by atoms with Crippen molar-refractivity contribution in [3.63, 3.8) is 0 Å². The number of rotatable bonds is 5. The zero-order valence-electron chi connectivity index (χ0n) is 12.0. The number of imidazole rings is 1. The van der Waals surface area contributed by atoms with E-state index in [1.54, 1.807) is 6.20 Å². The number of para-hydroxylation sites is 1. The van der Waals surface area contributed by atoms with Crippen LogP contribution in [-0.4, -0.2) is 27.3 Å². The highest BCUT2D eigenvalue weighted by molar-refractivity contribution is 7.99. The molecule has 0 fully saturated rings. The highest BCUT2D eigenvalue weighted by atomic mass is 32.2. The predicted octanol–water partition coefficient (Wildman–Crippen LogP) is 2.95. The average Bonchev–Trinajstić information content (AvgIpc) is 2.83. The van der Waals surface area contributed by atoms with E-state index in [4.69, 9.17) is 0 Å². The van der Waals surface area contributed by atoms with Gasteiger partial charge in [0, 0.05) is 31.2 Å². The van der Waals surface area contributed by atoms with E-state index in [2.05, 4.69) is 4.98 Å². The van der Waals surface area contributed by atoms with Gasteiger partial charge in [0.1, 0.15) is 0 Å². The minimum absolute atomic E-state index is 0.0965. The smallest absolute Gasteiger partial charge is 0.237 e. The summed E-state index contributed by atoms with van der Waals surface area (Å²) in [5, 5.41) is 0.857. The van der Waals surface area contributed by atoms with E-state index in [1.807, 2.05) is 66.9 Å². The van der Waals surface area contributed by atoms with Crippen molar-refractivity contribution in [2.45, 2.75) is 25.0 Å². The number of hydrogen-bond donors (Lipinski definition) is 0. The molecule has 0 radical (unpaired) electrons. The molecule has 0 unspecified atom stereocenters. The SMILES string of the molecule is CC(C)N(C(=O)CSc1nccn1C)c1ccccc1. The van der Waals surface area contributed by atoms with Crippen LogP contribution in [0, 0.1) is 0 Å². The van der Waals surface area contributed by atoms with Gasteiger partial charge in [-0.2, -0.15) is 0 Å². The highest BCUT2D eigenvalue weighted by Crippen LogP contribution is 2.20. The average molecular weight is 289 g/mol. The number of amides is 1. The van der Waals surface area contributed by atoms with Crippen LogP contribution in [0.25, 0.3) is 0 Å². The Morgan fingerprint density at radius 3 is 2.60 bits per heavy atom. The summed E-state index contributed by atoms with van der Waals surface area (Å²) in [6, 6.07) is 9.90. The quantitative estimate of drug-likeness (QED) is 0.794. The normalized spacial score (nSPS) is 10.8. The van der Waals surface area contributed by atoms with Crippen LogP contribution in [0.2, 0.25) is 0 Å². The van der Waals surface area contributed by atoms with E-state index >= 15 is 0 Å². The number of nitrogens with zero attached hydrogens (tertiary/aromatic N) is 3. The predicted molar refractivity (Wildman–Crippen MR) is 83.0 cm³/mol. The largest absolute Gasteiger partial charge is 0.329 e. The van der Waals surface area contributed by atoms with Gasteiger partial charge in [0.15, 0.2) is 5.16 Å². The molecule has 2 aromatic rings. The lowest BCUT2D eigenvalue weighted by Crippen LogP contribution is -2.38. The van der Waals surface area contributed by atoms with E-state index < -0.39 is 0 Å². The highest BCUT2D eigenvalue weighted by Gasteiger charge is 2.19. The van der Waals surface area contributed by atoms with E-state index in [-0.39, 0.29) is 11.9 Å². The van der Waals surface area contributed by atoms with E-state index in [0.717, 1.165) is 10.8 Å².